The molecule has 132 valence electrons. The molecule has 4 aromatic rings. The number of para-hydroxylation sites is 1. The van der Waals surface area contributed by atoms with Crippen molar-refractivity contribution in [2.24, 2.45) is 0 Å². The van der Waals surface area contributed by atoms with E-state index in [0.717, 1.165) is 11.5 Å². The van der Waals surface area contributed by atoms with Crippen molar-refractivity contribution in [3.63, 3.8) is 0 Å². The number of thioether (sulfide) groups is 1. The summed E-state index contributed by atoms with van der Waals surface area (Å²) in [6, 6.07) is 13.6. The third-order valence-electron chi connectivity index (χ3n) is 3.65. The summed E-state index contributed by atoms with van der Waals surface area (Å²) in [4.78, 5) is 4.66. The molecule has 8 heteroatoms. The predicted octanol–water partition coefficient (Wildman–Crippen LogP) is 4.33. The standard InChI is InChI=1S/C18H17N5O2S/c1-12(2)16-19-18(22-23(16)13-7-4-3-5-8-13)26-11-15-20-21-17(25-15)14-9-6-10-24-14/h3-10,12H,11H2,1-2H3. The highest BCUT2D eigenvalue weighted by molar-refractivity contribution is 7.98. The second-order valence-corrected chi connectivity index (χ2v) is 6.86. The van der Waals surface area contributed by atoms with E-state index in [-0.39, 0.29) is 5.92 Å². The lowest BCUT2D eigenvalue weighted by atomic mass is 10.2. The van der Waals surface area contributed by atoms with Crippen LogP contribution in [0.1, 0.15) is 31.5 Å². The molecule has 0 unspecified atom stereocenters. The lowest BCUT2D eigenvalue weighted by Crippen LogP contribution is -2.04. The Hall–Kier alpha value is -2.87. The van der Waals surface area contributed by atoms with Crippen LogP contribution in [0.4, 0.5) is 0 Å². The van der Waals surface area contributed by atoms with Crippen LogP contribution in [-0.4, -0.2) is 25.0 Å². The molecule has 4 rings (SSSR count). The van der Waals surface area contributed by atoms with Crippen molar-refractivity contribution in [3.8, 4) is 17.3 Å². The van der Waals surface area contributed by atoms with Gasteiger partial charge in [-0.3, -0.25) is 0 Å². The molecule has 0 saturated heterocycles. The number of aromatic nitrogens is 5. The van der Waals surface area contributed by atoms with Crippen LogP contribution in [0.5, 0.6) is 0 Å². The van der Waals surface area contributed by atoms with E-state index in [9.17, 15) is 0 Å². The minimum absolute atomic E-state index is 0.256. The number of nitrogens with zero attached hydrogens (tertiary/aromatic N) is 5. The molecule has 0 bridgehead atoms. The molecular weight excluding hydrogens is 350 g/mol. The van der Waals surface area contributed by atoms with Crippen molar-refractivity contribution in [3.05, 3.63) is 60.4 Å². The summed E-state index contributed by atoms with van der Waals surface area (Å²) in [6.45, 7) is 4.21. The molecule has 0 amide bonds. The Morgan fingerprint density at radius 1 is 1.08 bits per heavy atom. The van der Waals surface area contributed by atoms with Crippen LogP contribution >= 0.6 is 11.8 Å². The first-order valence-corrected chi connectivity index (χ1v) is 9.20. The Morgan fingerprint density at radius 2 is 1.92 bits per heavy atom. The Labute approximate surface area is 154 Å². The highest BCUT2D eigenvalue weighted by Gasteiger charge is 2.16. The predicted molar refractivity (Wildman–Crippen MR) is 97.0 cm³/mol. The summed E-state index contributed by atoms with van der Waals surface area (Å²) < 4.78 is 12.8. The quantitative estimate of drug-likeness (QED) is 0.469. The van der Waals surface area contributed by atoms with Gasteiger partial charge in [0.25, 0.3) is 5.89 Å². The fourth-order valence-corrected chi connectivity index (χ4v) is 3.10. The van der Waals surface area contributed by atoms with Crippen molar-refractivity contribution in [2.75, 3.05) is 0 Å². The van der Waals surface area contributed by atoms with Crippen molar-refractivity contribution >= 4 is 11.8 Å². The van der Waals surface area contributed by atoms with Crippen LogP contribution in [0.2, 0.25) is 0 Å². The molecule has 0 radical (unpaired) electrons. The Balaban J connectivity index is 1.52. The average Bonchev–Trinajstić information content (AvgIpc) is 3.39. The third kappa shape index (κ3) is 3.41. The molecule has 1 aromatic carbocycles. The Morgan fingerprint density at radius 3 is 2.65 bits per heavy atom. The van der Waals surface area contributed by atoms with Gasteiger partial charge in [-0.15, -0.1) is 15.3 Å². The van der Waals surface area contributed by atoms with Gasteiger partial charge in [0.05, 0.1) is 17.7 Å². The maximum Gasteiger partial charge on any atom is 0.283 e. The van der Waals surface area contributed by atoms with E-state index in [4.69, 9.17) is 8.83 Å². The largest absolute Gasteiger partial charge is 0.459 e. The fourth-order valence-electron chi connectivity index (χ4n) is 2.44. The number of benzene rings is 1. The van der Waals surface area contributed by atoms with Gasteiger partial charge in [-0.25, -0.2) is 9.67 Å². The average molecular weight is 367 g/mol. The lowest BCUT2D eigenvalue weighted by Gasteiger charge is -2.07. The van der Waals surface area contributed by atoms with Gasteiger partial charge in [-0.2, -0.15) is 0 Å². The van der Waals surface area contributed by atoms with Gasteiger partial charge in [0.2, 0.25) is 11.0 Å². The number of rotatable bonds is 6. The number of hydrogen-bond acceptors (Lipinski definition) is 7. The molecule has 0 aliphatic heterocycles. The molecular formula is C18H17N5O2S. The minimum atomic E-state index is 0.256. The summed E-state index contributed by atoms with van der Waals surface area (Å²) in [5.74, 6) is 3.10. The van der Waals surface area contributed by atoms with Gasteiger partial charge in [0.15, 0.2) is 5.76 Å². The molecule has 0 N–H and O–H groups in total. The normalized spacial score (nSPS) is 11.3. The van der Waals surface area contributed by atoms with Gasteiger partial charge in [-0.05, 0) is 24.3 Å². The second kappa shape index (κ2) is 7.17. The number of hydrogen-bond donors (Lipinski definition) is 0. The minimum Gasteiger partial charge on any atom is -0.459 e. The highest BCUT2D eigenvalue weighted by Crippen LogP contribution is 2.25. The third-order valence-corrected chi connectivity index (χ3v) is 4.48. The second-order valence-electron chi connectivity index (χ2n) is 5.92. The molecule has 0 atom stereocenters. The van der Waals surface area contributed by atoms with Gasteiger partial charge in [0, 0.05) is 5.92 Å². The van der Waals surface area contributed by atoms with Crippen LogP contribution in [-0.2, 0) is 5.75 Å². The Bertz CT molecular complexity index is 976. The zero-order valence-corrected chi connectivity index (χ0v) is 15.2. The lowest BCUT2D eigenvalue weighted by molar-refractivity contribution is 0.494. The number of furan rings is 1. The van der Waals surface area contributed by atoms with Crippen molar-refractivity contribution in [2.45, 2.75) is 30.7 Å². The van der Waals surface area contributed by atoms with E-state index in [0.29, 0.717) is 28.5 Å². The first-order chi connectivity index (χ1) is 12.7. The highest BCUT2D eigenvalue weighted by atomic mass is 32.2. The van der Waals surface area contributed by atoms with E-state index < -0.39 is 0 Å². The molecule has 7 nitrogen and oxygen atoms in total. The van der Waals surface area contributed by atoms with E-state index >= 15 is 0 Å². The monoisotopic (exact) mass is 367 g/mol. The summed E-state index contributed by atoms with van der Waals surface area (Å²) in [6.07, 6.45) is 1.57. The first kappa shape index (κ1) is 16.6. The van der Waals surface area contributed by atoms with E-state index in [1.54, 1.807) is 18.4 Å². The summed E-state index contributed by atoms with van der Waals surface area (Å²) >= 11 is 1.46. The maximum atomic E-state index is 5.62. The van der Waals surface area contributed by atoms with Gasteiger partial charge in [-0.1, -0.05) is 43.8 Å². The molecule has 0 aliphatic rings. The zero-order valence-electron chi connectivity index (χ0n) is 14.4. The van der Waals surface area contributed by atoms with Crippen LogP contribution in [0.25, 0.3) is 17.3 Å². The SMILES string of the molecule is CC(C)c1nc(SCc2nnc(-c3ccco3)o2)nn1-c1ccccc1. The van der Waals surface area contributed by atoms with E-state index in [1.165, 1.54) is 11.8 Å². The van der Waals surface area contributed by atoms with Gasteiger partial charge >= 0.3 is 0 Å². The molecule has 0 fully saturated rings. The van der Waals surface area contributed by atoms with Crippen LogP contribution in [0.15, 0.2) is 62.7 Å². The van der Waals surface area contributed by atoms with Gasteiger partial charge in [0.1, 0.15) is 5.82 Å². The van der Waals surface area contributed by atoms with Gasteiger partial charge < -0.3 is 8.83 Å². The van der Waals surface area contributed by atoms with Crippen LogP contribution in [0.3, 0.4) is 0 Å². The summed E-state index contributed by atoms with van der Waals surface area (Å²) in [7, 11) is 0. The molecule has 3 heterocycles. The Kier molecular flexibility index (Phi) is 4.57. The molecule has 26 heavy (non-hydrogen) atoms. The smallest absolute Gasteiger partial charge is 0.283 e. The molecule has 0 aliphatic carbocycles. The van der Waals surface area contributed by atoms with Crippen molar-refractivity contribution in [1.82, 2.24) is 25.0 Å². The first-order valence-electron chi connectivity index (χ1n) is 8.22. The zero-order chi connectivity index (χ0) is 17.9. The fraction of sp³-hybridized carbons (Fsp3) is 0.222. The molecule has 3 aromatic heterocycles. The van der Waals surface area contributed by atoms with Crippen LogP contribution < -0.4 is 0 Å². The topological polar surface area (TPSA) is 82.8 Å². The summed E-state index contributed by atoms with van der Waals surface area (Å²) in [5, 5.41) is 13.4. The van der Waals surface area contributed by atoms with E-state index in [1.807, 2.05) is 35.0 Å². The van der Waals surface area contributed by atoms with Crippen LogP contribution in [0, 0.1) is 0 Å². The maximum absolute atomic E-state index is 5.62. The molecule has 0 spiro atoms. The molecule has 0 saturated carbocycles. The summed E-state index contributed by atoms with van der Waals surface area (Å²) in [5.41, 5.74) is 0.994. The van der Waals surface area contributed by atoms with E-state index in [2.05, 4.69) is 34.1 Å². The van der Waals surface area contributed by atoms with Crippen molar-refractivity contribution < 1.29 is 8.83 Å². The van der Waals surface area contributed by atoms with Crippen molar-refractivity contribution in [1.29, 1.82) is 0 Å².